The summed E-state index contributed by atoms with van der Waals surface area (Å²) in [5, 5.41) is 13.4. The Morgan fingerprint density at radius 2 is 2.10 bits per heavy atom. The number of thiazole rings is 1. The highest BCUT2D eigenvalue weighted by Crippen LogP contribution is 2.17. The molecule has 0 aliphatic rings. The summed E-state index contributed by atoms with van der Waals surface area (Å²) in [4.78, 5) is 30.5. The van der Waals surface area contributed by atoms with Crippen molar-refractivity contribution in [2.24, 2.45) is 0 Å². The maximum absolute atomic E-state index is 11.9. The van der Waals surface area contributed by atoms with E-state index in [1.165, 1.54) is 16.1 Å². The quantitative estimate of drug-likeness (QED) is 0.758. The summed E-state index contributed by atoms with van der Waals surface area (Å²) in [5.74, 6) is -1.12. The van der Waals surface area contributed by atoms with Crippen LogP contribution in [0.3, 0.4) is 0 Å². The van der Waals surface area contributed by atoms with Crippen molar-refractivity contribution in [3.05, 3.63) is 52.0 Å². The number of carbonyl (C=O) groups is 1. The number of hydrogen-bond donors (Lipinski definition) is 2. The van der Waals surface area contributed by atoms with Gasteiger partial charge in [-0.15, -0.1) is 11.3 Å². The molecule has 7 nitrogen and oxygen atoms in total. The molecule has 3 aromatic heterocycles. The van der Waals surface area contributed by atoms with E-state index in [1.54, 1.807) is 24.5 Å². The van der Waals surface area contributed by atoms with Crippen molar-refractivity contribution in [3.8, 4) is 16.4 Å². The van der Waals surface area contributed by atoms with Gasteiger partial charge >= 0.3 is 5.97 Å². The fourth-order valence-corrected chi connectivity index (χ4v) is 2.45. The first-order valence-electron chi connectivity index (χ1n) is 5.57. The second-order valence-corrected chi connectivity index (χ2v) is 4.74. The highest BCUT2D eigenvalue weighted by Gasteiger charge is 2.13. The molecule has 3 aromatic rings. The Kier molecular flexibility index (Phi) is 2.92. The predicted octanol–water partition coefficient (Wildman–Crippen LogP) is 1.38. The van der Waals surface area contributed by atoms with Gasteiger partial charge in [0.1, 0.15) is 0 Å². The summed E-state index contributed by atoms with van der Waals surface area (Å²) in [6.07, 6.45) is 3.24. The third-order valence-electron chi connectivity index (χ3n) is 2.61. The van der Waals surface area contributed by atoms with E-state index in [1.807, 2.05) is 0 Å². The van der Waals surface area contributed by atoms with Gasteiger partial charge in [-0.25, -0.2) is 9.78 Å². The molecule has 0 spiro atoms. The van der Waals surface area contributed by atoms with E-state index in [0.29, 0.717) is 5.69 Å². The van der Waals surface area contributed by atoms with Gasteiger partial charge in [-0.05, 0) is 12.1 Å². The molecule has 0 amide bonds. The second-order valence-electron chi connectivity index (χ2n) is 3.90. The van der Waals surface area contributed by atoms with Crippen LogP contribution in [-0.4, -0.2) is 30.8 Å². The number of pyridine rings is 1. The second kappa shape index (κ2) is 4.74. The van der Waals surface area contributed by atoms with Crippen LogP contribution in [0.2, 0.25) is 0 Å². The Balaban J connectivity index is 2.05. The third-order valence-corrected chi connectivity index (χ3v) is 3.44. The minimum atomic E-state index is -1.12. The Hall–Kier alpha value is -2.74. The average molecular weight is 288 g/mol. The van der Waals surface area contributed by atoms with Gasteiger partial charge in [-0.1, -0.05) is 0 Å². The zero-order valence-electron chi connectivity index (χ0n) is 9.98. The lowest BCUT2D eigenvalue weighted by atomic mass is 10.2. The normalized spacial score (nSPS) is 10.6. The third kappa shape index (κ3) is 2.12. The van der Waals surface area contributed by atoms with E-state index in [0.717, 1.165) is 16.9 Å². The van der Waals surface area contributed by atoms with Crippen LogP contribution >= 0.6 is 11.3 Å². The molecule has 0 bridgehead atoms. The van der Waals surface area contributed by atoms with Crippen LogP contribution in [0.15, 0.2) is 40.8 Å². The Morgan fingerprint density at radius 1 is 1.35 bits per heavy atom. The maximum atomic E-state index is 11.9. The summed E-state index contributed by atoms with van der Waals surface area (Å²) in [6.45, 7) is 0. The minimum Gasteiger partial charge on any atom is -0.476 e. The first kappa shape index (κ1) is 12.3. The van der Waals surface area contributed by atoms with Crippen molar-refractivity contribution < 1.29 is 9.90 Å². The van der Waals surface area contributed by atoms with E-state index in [-0.39, 0.29) is 16.4 Å². The molecule has 0 unspecified atom stereocenters. The number of nitrogens with zero attached hydrogens (tertiary/aromatic N) is 3. The fraction of sp³-hybridized carbons (Fsp3) is 0. The molecule has 0 saturated heterocycles. The Morgan fingerprint density at radius 3 is 2.75 bits per heavy atom. The summed E-state index contributed by atoms with van der Waals surface area (Å²) in [7, 11) is 0. The molecule has 0 aromatic carbocycles. The van der Waals surface area contributed by atoms with Gasteiger partial charge < -0.3 is 5.11 Å². The van der Waals surface area contributed by atoms with Crippen molar-refractivity contribution in [1.82, 2.24) is 19.7 Å². The molecule has 20 heavy (non-hydrogen) atoms. The number of aromatic carboxylic acids is 1. The number of aromatic nitrogens is 4. The molecule has 0 atom stereocenters. The number of carboxylic acid groups (broad SMARTS) is 1. The van der Waals surface area contributed by atoms with Crippen molar-refractivity contribution in [3.63, 3.8) is 0 Å². The van der Waals surface area contributed by atoms with Crippen LogP contribution in [0, 0.1) is 0 Å². The lowest BCUT2D eigenvalue weighted by molar-refractivity contribution is 0.0691. The van der Waals surface area contributed by atoms with Crippen molar-refractivity contribution >= 4 is 17.3 Å². The van der Waals surface area contributed by atoms with Gasteiger partial charge in [0.2, 0.25) is 5.13 Å². The smallest absolute Gasteiger partial charge is 0.355 e. The molecular weight excluding hydrogens is 280 g/mol. The van der Waals surface area contributed by atoms with Gasteiger partial charge in [0.15, 0.2) is 5.69 Å². The highest BCUT2D eigenvalue weighted by atomic mass is 32.1. The van der Waals surface area contributed by atoms with Gasteiger partial charge in [-0.3, -0.25) is 14.9 Å². The van der Waals surface area contributed by atoms with E-state index < -0.39 is 5.97 Å². The lowest BCUT2D eigenvalue weighted by Gasteiger charge is -1.97. The molecule has 0 radical (unpaired) electrons. The van der Waals surface area contributed by atoms with Crippen LogP contribution < -0.4 is 5.56 Å². The monoisotopic (exact) mass is 288 g/mol. The predicted molar refractivity (Wildman–Crippen MR) is 72.3 cm³/mol. The largest absolute Gasteiger partial charge is 0.476 e. The first-order valence-corrected chi connectivity index (χ1v) is 6.45. The van der Waals surface area contributed by atoms with Crippen molar-refractivity contribution in [2.75, 3.05) is 0 Å². The van der Waals surface area contributed by atoms with Crippen LogP contribution in [-0.2, 0) is 0 Å². The standard InChI is InChI=1S/C12H8N4O3S/c17-10-5-8(7-1-3-13-4-2-7)15-16(10)12-14-9(6-20-12)11(18)19/h1-6,15H,(H,18,19). The zero-order chi connectivity index (χ0) is 14.1. The number of hydrogen-bond acceptors (Lipinski definition) is 5. The number of aromatic amines is 1. The average Bonchev–Trinajstić information content (AvgIpc) is 3.06. The fourth-order valence-electron chi connectivity index (χ4n) is 1.68. The van der Waals surface area contributed by atoms with Crippen molar-refractivity contribution in [2.45, 2.75) is 0 Å². The summed E-state index contributed by atoms with van der Waals surface area (Å²) in [5.41, 5.74) is 1.04. The molecular formula is C12H8N4O3S. The van der Waals surface area contributed by atoms with Crippen LogP contribution in [0.5, 0.6) is 0 Å². The topological polar surface area (TPSA) is 101 Å². The lowest BCUT2D eigenvalue weighted by Crippen LogP contribution is -2.13. The molecule has 0 aliphatic heterocycles. The molecule has 8 heteroatoms. The zero-order valence-corrected chi connectivity index (χ0v) is 10.8. The Bertz CT molecular complexity index is 819. The number of H-pyrrole nitrogens is 1. The van der Waals surface area contributed by atoms with E-state index in [2.05, 4.69) is 15.1 Å². The van der Waals surface area contributed by atoms with Gasteiger partial charge in [0.25, 0.3) is 5.56 Å². The van der Waals surface area contributed by atoms with Gasteiger partial charge in [-0.2, -0.15) is 4.68 Å². The molecule has 2 N–H and O–H groups in total. The van der Waals surface area contributed by atoms with Crippen molar-refractivity contribution in [1.29, 1.82) is 0 Å². The van der Waals surface area contributed by atoms with Crippen LogP contribution in [0.25, 0.3) is 16.4 Å². The molecule has 100 valence electrons. The van der Waals surface area contributed by atoms with E-state index in [4.69, 9.17) is 5.11 Å². The van der Waals surface area contributed by atoms with E-state index >= 15 is 0 Å². The number of carboxylic acids is 1. The highest BCUT2D eigenvalue weighted by molar-refractivity contribution is 7.12. The van der Waals surface area contributed by atoms with Crippen LogP contribution in [0.4, 0.5) is 0 Å². The summed E-state index contributed by atoms with van der Waals surface area (Å²) < 4.78 is 1.22. The van der Waals surface area contributed by atoms with Crippen LogP contribution in [0.1, 0.15) is 10.5 Å². The summed E-state index contributed by atoms with van der Waals surface area (Å²) in [6, 6.07) is 4.96. The Labute approximate surface area is 116 Å². The maximum Gasteiger partial charge on any atom is 0.355 e. The molecule has 3 heterocycles. The minimum absolute atomic E-state index is 0.0861. The first-order chi connectivity index (χ1) is 9.65. The number of nitrogens with one attached hydrogen (secondary N) is 1. The SMILES string of the molecule is O=C(O)c1csc(-n2[nH]c(-c3ccncc3)cc2=O)n1. The molecule has 0 saturated carbocycles. The molecule has 0 aliphatic carbocycles. The summed E-state index contributed by atoms with van der Waals surface area (Å²) >= 11 is 1.08. The van der Waals surface area contributed by atoms with Gasteiger partial charge in [0.05, 0.1) is 5.69 Å². The van der Waals surface area contributed by atoms with E-state index in [9.17, 15) is 9.59 Å². The molecule has 0 fully saturated rings. The number of rotatable bonds is 3. The molecule has 3 rings (SSSR count). The van der Waals surface area contributed by atoms with Gasteiger partial charge in [0, 0.05) is 29.4 Å².